The summed E-state index contributed by atoms with van der Waals surface area (Å²) >= 11 is 0. The molecular formula is C9H10F3N3O. The average molecular weight is 233 g/mol. The van der Waals surface area contributed by atoms with E-state index in [2.05, 4.69) is 9.97 Å². The Morgan fingerprint density at radius 3 is 2.81 bits per heavy atom. The Bertz CT molecular complexity index is 381. The van der Waals surface area contributed by atoms with Gasteiger partial charge in [0.2, 0.25) is 5.91 Å². The maximum absolute atomic E-state index is 11.8. The first-order valence-corrected chi connectivity index (χ1v) is 4.40. The van der Waals surface area contributed by atoms with E-state index in [4.69, 9.17) is 0 Å². The van der Waals surface area contributed by atoms with Gasteiger partial charge < -0.3 is 10.3 Å². The van der Waals surface area contributed by atoms with Gasteiger partial charge in [-0.3, -0.25) is 4.79 Å². The molecule has 0 aliphatic rings. The van der Waals surface area contributed by atoms with Crippen LogP contribution in [0.4, 0.5) is 13.2 Å². The van der Waals surface area contributed by atoms with Gasteiger partial charge in [0.25, 0.3) is 0 Å². The number of halogens is 3. The molecule has 16 heavy (non-hydrogen) atoms. The number of hydrogen-bond donors (Lipinski definition) is 2. The lowest BCUT2D eigenvalue weighted by Crippen LogP contribution is -2.34. The third-order valence-corrected chi connectivity index (χ3v) is 1.70. The first kappa shape index (κ1) is 12.3. The van der Waals surface area contributed by atoms with E-state index in [9.17, 15) is 18.0 Å². The van der Waals surface area contributed by atoms with Crippen molar-refractivity contribution in [3.05, 3.63) is 23.8 Å². The third-order valence-electron chi connectivity index (χ3n) is 1.70. The lowest BCUT2D eigenvalue weighted by atomic mass is 10.2. The van der Waals surface area contributed by atoms with Crippen LogP contribution < -0.4 is 5.32 Å². The number of rotatable bonds is 3. The minimum atomic E-state index is -4.40. The highest BCUT2D eigenvalue weighted by Gasteiger charge is 2.27. The van der Waals surface area contributed by atoms with Crippen molar-refractivity contribution >= 4 is 12.0 Å². The van der Waals surface area contributed by atoms with Crippen molar-refractivity contribution in [2.45, 2.75) is 13.1 Å². The van der Waals surface area contributed by atoms with Gasteiger partial charge in [0.05, 0.1) is 18.2 Å². The van der Waals surface area contributed by atoms with Crippen molar-refractivity contribution in [1.82, 2.24) is 15.3 Å². The largest absolute Gasteiger partial charge is 0.405 e. The second kappa shape index (κ2) is 4.82. The zero-order chi connectivity index (χ0) is 12.2. The number of carbonyl (C=O) groups excluding carboxylic acids is 1. The van der Waals surface area contributed by atoms with E-state index < -0.39 is 18.6 Å². The molecule has 0 radical (unpaired) electrons. The summed E-state index contributed by atoms with van der Waals surface area (Å²) in [5.74, 6) is -0.757. The molecule has 7 heteroatoms. The third kappa shape index (κ3) is 4.16. The summed E-state index contributed by atoms with van der Waals surface area (Å²) in [7, 11) is 0. The zero-order valence-corrected chi connectivity index (χ0v) is 8.43. The topological polar surface area (TPSA) is 57.8 Å². The van der Waals surface area contributed by atoms with E-state index in [0.717, 1.165) is 0 Å². The van der Waals surface area contributed by atoms with E-state index in [0.29, 0.717) is 5.69 Å². The van der Waals surface area contributed by atoms with Gasteiger partial charge in [-0.15, -0.1) is 0 Å². The minimum Gasteiger partial charge on any atom is -0.345 e. The number of alkyl halides is 3. The van der Waals surface area contributed by atoms with E-state index in [-0.39, 0.29) is 5.57 Å². The molecule has 0 aliphatic heterocycles. The van der Waals surface area contributed by atoms with Crippen molar-refractivity contribution in [2.24, 2.45) is 0 Å². The van der Waals surface area contributed by atoms with Crippen molar-refractivity contribution in [2.75, 3.05) is 6.54 Å². The van der Waals surface area contributed by atoms with E-state index in [1.54, 1.807) is 5.32 Å². The van der Waals surface area contributed by atoms with Crippen LogP contribution in [0.25, 0.3) is 6.08 Å². The van der Waals surface area contributed by atoms with Gasteiger partial charge in [-0.1, -0.05) is 0 Å². The standard InChI is InChI=1S/C9H10F3N3O/c1-6(2-7-3-13-5-15-7)8(16)14-4-9(10,11)12/h2-3,5H,4H2,1H3,(H,13,15)(H,14,16)/b6-2+. The molecule has 88 valence electrons. The van der Waals surface area contributed by atoms with Gasteiger partial charge in [-0.2, -0.15) is 13.2 Å². The summed E-state index contributed by atoms with van der Waals surface area (Å²) in [6.45, 7) is 0.0898. The molecule has 4 nitrogen and oxygen atoms in total. The number of carbonyl (C=O) groups is 1. The molecule has 0 aromatic carbocycles. The summed E-state index contributed by atoms with van der Waals surface area (Å²) in [5.41, 5.74) is 0.730. The van der Waals surface area contributed by atoms with Crippen molar-refractivity contribution < 1.29 is 18.0 Å². The highest BCUT2D eigenvalue weighted by Crippen LogP contribution is 2.12. The Morgan fingerprint density at radius 2 is 2.31 bits per heavy atom. The number of imidazole rings is 1. The summed E-state index contributed by atoms with van der Waals surface area (Å²) < 4.78 is 35.4. The molecule has 0 spiro atoms. The van der Waals surface area contributed by atoms with Gasteiger partial charge >= 0.3 is 6.18 Å². The number of aromatic nitrogens is 2. The number of aromatic amines is 1. The number of nitrogens with zero attached hydrogens (tertiary/aromatic N) is 1. The SMILES string of the molecule is C/C(=C\c1cnc[nH]1)C(=O)NCC(F)(F)F. The molecule has 0 saturated heterocycles. The Balaban J connectivity index is 2.55. The number of H-pyrrole nitrogens is 1. The second-order valence-electron chi connectivity index (χ2n) is 3.13. The second-order valence-corrected chi connectivity index (χ2v) is 3.13. The zero-order valence-electron chi connectivity index (χ0n) is 8.43. The molecule has 1 amide bonds. The average Bonchev–Trinajstić information content (AvgIpc) is 2.65. The molecule has 0 aliphatic carbocycles. The Labute approximate surface area is 89.6 Å². The van der Waals surface area contributed by atoms with Crippen LogP contribution in [0.15, 0.2) is 18.1 Å². The quantitative estimate of drug-likeness (QED) is 0.777. The Hall–Kier alpha value is -1.79. The van der Waals surface area contributed by atoms with Crippen molar-refractivity contribution in [1.29, 1.82) is 0 Å². The van der Waals surface area contributed by atoms with Gasteiger partial charge in [0, 0.05) is 5.57 Å². The van der Waals surface area contributed by atoms with Gasteiger partial charge in [-0.25, -0.2) is 4.98 Å². The van der Waals surface area contributed by atoms with Crippen LogP contribution in [0.5, 0.6) is 0 Å². The summed E-state index contributed by atoms with van der Waals surface area (Å²) in [4.78, 5) is 17.6. The fraction of sp³-hybridized carbons (Fsp3) is 0.333. The summed E-state index contributed by atoms with van der Waals surface area (Å²) in [5, 5.41) is 1.77. The maximum Gasteiger partial charge on any atom is 0.405 e. The highest BCUT2D eigenvalue weighted by atomic mass is 19.4. The van der Waals surface area contributed by atoms with Crippen molar-refractivity contribution in [3.63, 3.8) is 0 Å². The molecule has 0 saturated carbocycles. The van der Waals surface area contributed by atoms with Crippen LogP contribution in [-0.2, 0) is 4.79 Å². The summed E-state index contributed by atoms with van der Waals surface area (Å²) in [6, 6.07) is 0. The lowest BCUT2D eigenvalue weighted by Gasteiger charge is -2.08. The predicted octanol–water partition coefficient (Wildman–Crippen LogP) is 1.49. The molecule has 1 heterocycles. The number of nitrogens with one attached hydrogen (secondary N) is 2. The molecule has 0 fully saturated rings. The predicted molar refractivity (Wildman–Crippen MR) is 51.3 cm³/mol. The smallest absolute Gasteiger partial charge is 0.345 e. The first-order chi connectivity index (χ1) is 7.38. The first-order valence-electron chi connectivity index (χ1n) is 4.40. The van der Waals surface area contributed by atoms with Crippen LogP contribution in [-0.4, -0.2) is 28.6 Å². The fourth-order valence-electron chi connectivity index (χ4n) is 0.964. The summed E-state index contributed by atoms with van der Waals surface area (Å²) in [6.07, 6.45) is -0.115. The maximum atomic E-state index is 11.8. The molecule has 2 N–H and O–H groups in total. The number of amides is 1. The Morgan fingerprint density at radius 1 is 1.62 bits per heavy atom. The molecule has 1 rings (SSSR count). The van der Waals surface area contributed by atoms with E-state index in [1.807, 2.05) is 0 Å². The van der Waals surface area contributed by atoms with Crippen molar-refractivity contribution in [3.8, 4) is 0 Å². The lowest BCUT2D eigenvalue weighted by molar-refractivity contribution is -0.136. The molecule has 0 bridgehead atoms. The number of hydrogen-bond acceptors (Lipinski definition) is 2. The van der Waals surface area contributed by atoms with Gasteiger partial charge in [0.1, 0.15) is 6.54 Å². The highest BCUT2D eigenvalue weighted by molar-refractivity contribution is 5.96. The molecule has 1 aromatic rings. The molecule has 0 atom stereocenters. The van der Waals surface area contributed by atoms with Gasteiger partial charge in [0.15, 0.2) is 0 Å². The monoisotopic (exact) mass is 233 g/mol. The Kier molecular flexibility index (Phi) is 3.70. The molecule has 0 unspecified atom stereocenters. The van der Waals surface area contributed by atoms with E-state index in [1.165, 1.54) is 25.5 Å². The molecule has 1 aromatic heterocycles. The fourth-order valence-corrected chi connectivity index (χ4v) is 0.964. The van der Waals surface area contributed by atoms with Crippen LogP contribution in [0, 0.1) is 0 Å². The van der Waals surface area contributed by atoms with Crippen LogP contribution in [0.1, 0.15) is 12.6 Å². The van der Waals surface area contributed by atoms with Crippen LogP contribution in [0.2, 0.25) is 0 Å². The molecular weight excluding hydrogens is 223 g/mol. The van der Waals surface area contributed by atoms with E-state index >= 15 is 0 Å². The van der Waals surface area contributed by atoms with Crippen LogP contribution >= 0.6 is 0 Å². The van der Waals surface area contributed by atoms with Gasteiger partial charge in [-0.05, 0) is 13.0 Å². The minimum absolute atomic E-state index is 0.175. The normalized spacial score (nSPS) is 12.6. The van der Waals surface area contributed by atoms with Crippen LogP contribution in [0.3, 0.4) is 0 Å².